The Kier molecular flexibility index (Phi) is 6.07. The number of amides is 1. The lowest BCUT2D eigenvalue weighted by molar-refractivity contribution is -0.113. The topological polar surface area (TPSA) is 55.1 Å². The van der Waals surface area contributed by atoms with Gasteiger partial charge in [0.05, 0.1) is 11.4 Å². The molecule has 3 N–H and O–H groups in total. The van der Waals surface area contributed by atoms with Crippen molar-refractivity contribution in [3.8, 4) is 0 Å². The van der Waals surface area contributed by atoms with Crippen LogP contribution in [0.4, 0.5) is 14.5 Å². The Bertz CT molecular complexity index is 415. The van der Waals surface area contributed by atoms with Crippen LogP contribution < -0.4 is 11.1 Å². The third kappa shape index (κ3) is 5.01. The first-order valence-electron chi connectivity index (χ1n) is 5.55. The van der Waals surface area contributed by atoms with Gasteiger partial charge in [0, 0.05) is 6.07 Å². The summed E-state index contributed by atoms with van der Waals surface area (Å²) in [4.78, 5) is 11.5. The van der Waals surface area contributed by atoms with Crippen LogP contribution in [0.2, 0.25) is 0 Å². The molecule has 1 atom stereocenters. The van der Waals surface area contributed by atoms with Gasteiger partial charge in [-0.1, -0.05) is 6.92 Å². The normalized spacial score (nSPS) is 12.2. The van der Waals surface area contributed by atoms with Crippen molar-refractivity contribution in [2.45, 2.75) is 6.92 Å². The van der Waals surface area contributed by atoms with Crippen LogP contribution in [0.5, 0.6) is 0 Å². The molecule has 1 amide bonds. The Labute approximate surface area is 109 Å². The molecule has 6 heteroatoms. The molecule has 1 aromatic rings. The van der Waals surface area contributed by atoms with E-state index in [0.29, 0.717) is 12.5 Å². The largest absolute Gasteiger partial charge is 0.330 e. The van der Waals surface area contributed by atoms with E-state index < -0.39 is 11.6 Å². The van der Waals surface area contributed by atoms with E-state index in [-0.39, 0.29) is 17.3 Å². The maximum atomic E-state index is 13.2. The van der Waals surface area contributed by atoms with E-state index >= 15 is 0 Å². The zero-order valence-electron chi connectivity index (χ0n) is 10.1. The first kappa shape index (κ1) is 14.9. The fourth-order valence-corrected chi connectivity index (χ4v) is 2.11. The molecule has 0 aromatic heterocycles. The van der Waals surface area contributed by atoms with E-state index in [9.17, 15) is 13.6 Å². The second kappa shape index (κ2) is 7.33. The van der Waals surface area contributed by atoms with Crippen LogP contribution in [-0.2, 0) is 4.79 Å². The highest BCUT2D eigenvalue weighted by Crippen LogP contribution is 2.16. The monoisotopic (exact) mass is 274 g/mol. The van der Waals surface area contributed by atoms with Gasteiger partial charge in [0.25, 0.3) is 0 Å². The average Bonchev–Trinajstić information content (AvgIpc) is 2.33. The number of rotatable bonds is 6. The van der Waals surface area contributed by atoms with Gasteiger partial charge in [0.2, 0.25) is 5.91 Å². The van der Waals surface area contributed by atoms with Crippen LogP contribution in [0.1, 0.15) is 6.92 Å². The maximum Gasteiger partial charge on any atom is 0.234 e. The molecule has 0 aliphatic heterocycles. The number of carbonyl (C=O) groups excluding carboxylic acids is 1. The summed E-state index contributed by atoms with van der Waals surface area (Å²) in [6.45, 7) is 2.55. The first-order chi connectivity index (χ1) is 8.52. The molecule has 100 valence electrons. The molecule has 0 fully saturated rings. The van der Waals surface area contributed by atoms with Crippen LogP contribution in [-0.4, -0.2) is 24.0 Å². The maximum absolute atomic E-state index is 13.2. The second-order valence-corrected chi connectivity index (χ2v) is 5.06. The van der Waals surface area contributed by atoms with Crippen molar-refractivity contribution in [2.24, 2.45) is 11.7 Å². The van der Waals surface area contributed by atoms with E-state index in [2.05, 4.69) is 5.32 Å². The molecule has 0 spiro atoms. The zero-order chi connectivity index (χ0) is 13.5. The summed E-state index contributed by atoms with van der Waals surface area (Å²) in [6, 6.07) is 2.94. The SMILES string of the molecule is CC(CN)CSCC(=O)Nc1cc(F)ccc1F. The highest BCUT2D eigenvalue weighted by molar-refractivity contribution is 7.99. The summed E-state index contributed by atoms with van der Waals surface area (Å²) >= 11 is 1.42. The molecule has 3 nitrogen and oxygen atoms in total. The number of hydrogen-bond acceptors (Lipinski definition) is 3. The first-order valence-corrected chi connectivity index (χ1v) is 6.71. The average molecular weight is 274 g/mol. The molecule has 0 aliphatic carbocycles. The third-order valence-corrected chi connectivity index (χ3v) is 3.51. The molecule has 1 rings (SSSR count). The smallest absolute Gasteiger partial charge is 0.234 e. The standard InChI is InChI=1S/C12H16F2N2OS/c1-8(5-15)6-18-7-12(17)16-11-4-9(13)2-3-10(11)14/h2-4,8H,5-7,15H2,1H3,(H,16,17). The molecular weight excluding hydrogens is 258 g/mol. The van der Waals surface area contributed by atoms with E-state index in [0.717, 1.165) is 24.0 Å². The molecule has 1 unspecified atom stereocenters. The quantitative estimate of drug-likeness (QED) is 0.836. The van der Waals surface area contributed by atoms with Gasteiger partial charge in [-0.25, -0.2) is 8.78 Å². The lowest BCUT2D eigenvalue weighted by Gasteiger charge is -2.08. The van der Waals surface area contributed by atoms with Crippen molar-refractivity contribution in [3.05, 3.63) is 29.8 Å². The lowest BCUT2D eigenvalue weighted by Crippen LogP contribution is -2.18. The molecule has 18 heavy (non-hydrogen) atoms. The summed E-state index contributed by atoms with van der Waals surface area (Å²) in [5.74, 6) is -0.306. The zero-order valence-corrected chi connectivity index (χ0v) is 10.9. The number of carbonyl (C=O) groups is 1. The summed E-state index contributed by atoms with van der Waals surface area (Å²) in [5.41, 5.74) is 5.31. The van der Waals surface area contributed by atoms with Crippen molar-refractivity contribution in [1.29, 1.82) is 0 Å². The lowest BCUT2D eigenvalue weighted by atomic mass is 10.2. The Balaban J connectivity index is 2.42. The Morgan fingerprint density at radius 3 is 2.89 bits per heavy atom. The van der Waals surface area contributed by atoms with Gasteiger partial charge in [-0.2, -0.15) is 11.8 Å². The molecule has 0 aliphatic rings. The molecular formula is C12H16F2N2OS. The minimum atomic E-state index is -0.648. The molecule has 0 bridgehead atoms. The minimum Gasteiger partial charge on any atom is -0.330 e. The summed E-state index contributed by atoms with van der Waals surface area (Å²) in [5, 5.41) is 2.34. The number of hydrogen-bond donors (Lipinski definition) is 2. The Morgan fingerprint density at radius 2 is 2.22 bits per heavy atom. The second-order valence-electron chi connectivity index (χ2n) is 4.03. The predicted molar refractivity (Wildman–Crippen MR) is 70.5 cm³/mol. The van der Waals surface area contributed by atoms with Crippen LogP contribution in [0.3, 0.4) is 0 Å². The van der Waals surface area contributed by atoms with Gasteiger partial charge in [0.15, 0.2) is 0 Å². The molecule has 0 saturated carbocycles. The molecule has 0 saturated heterocycles. The van der Waals surface area contributed by atoms with Crippen LogP contribution >= 0.6 is 11.8 Å². The highest BCUT2D eigenvalue weighted by Gasteiger charge is 2.09. The van der Waals surface area contributed by atoms with Crippen LogP contribution in [0, 0.1) is 17.6 Å². The van der Waals surface area contributed by atoms with Gasteiger partial charge in [0.1, 0.15) is 11.6 Å². The number of halogens is 2. The third-order valence-electron chi connectivity index (χ3n) is 2.24. The van der Waals surface area contributed by atoms with Gasteiger partial charge in [-0.3, -0.25) is 4.79 Å². The van der Waals surface area contributed by atoms with Crippen molar-refractivity contribution >= 4 is 23.4 Å². The Hall–Kier alpha value is -1.14. The Morgan fingerprint density at radius 1 is 1.50 bits per heavy atom. The number of nitrogens with one attached hydrogen (secondary N) is 1. The van der Waals surface area contributed by atoms with Crippen molar-refractivity contribution in [2.75, 3.05) is 23.4 Å². The summed E-state index contributed by atoms with van der Waals surface area (Å²) < 4.78 is 26.1. The fraction of sp³-hybridized carbons (Fsp3) is 0.417. The van der Waals surface area contributed by atoms with Gasteiger partial charge in [-0.15, -0.1) is 0 Å². The minimum absolute atomic E-state index is 0.132. The van der Waals surface area contributed by atoms with Crippen LogP contribution in [0.15, 0.2) is 18.2 Å². The number of thioether (sulfide) groups is 1. The molecule has 1 aromatic carbocycles. The molecule has 0 heterocycles. The van der Waals surface area contributed by atoms with Gasteiger partial charge >= 0.3 is 0 Å². The van der Waals surface area contributed by atoms with Crippen molar-refractivity contribution in [3.63, 3.8) is 0 Å². The van der Waals surface area contributed by atoms with E-state index in [1.54, 1.807) is 0 Å². The fourth-order valence-electron chi connectivity index (χ4n) is 1.20. The van der Waals surface area contributed by atoms with Gasteiger partial charge in [-0.05, 0) is 30.3 Å². The van der Waals surface area contributed by atoms with Gasteiger partial charge < -0.3 is 11.1 Å². The number of benzene rings is 1. The van der Waals surface area contributed by atoms with Crippen molar-refractivity contribution < 1.29 is 13.6 Å². The summed E-state index contributed by atoms with van der Waals surface area (Å²) in [7, 11) is 0. The van der Waals surface area contributed by atoms with E-state index in [4.69, 9.17) is 5.73 Å². The predicted octanol–water partition coefficient (Wildman–Crippen LogP) is 2.23. The van der Waals surface area contributed by atoms with Crippen molar-refractivity contribution in [1.82, 2.24) is 0 Å². The highest BCUT2D eigenvalue weighted by atomic mass is 32.2. The summed E-state index contributed by atoms with van der Waals surface area (Å²) in [6.07, 6.45) is 0. The van der Waals surface area contributed by atoms with E-state index in [1.807, 2.05) is 6.92 Å². The number of anilines is 1. The van der Waals surface area contributed by atoms with E-state index in [1.165, 1.54) is 11.8 Å². The molecule has 0 radical (unpaired) electrons. The van der Waals surface area contributed by atoms with Crippen LogP contribution in [0.25, 0.3) is 0 Å². The number of nitrogens with two attached hydrogens (primary N) is 1.